The molecule has 0 fully saturated rings. The molecular formula is C57H43N. The van der Waals surface area contributed by atoms with Crippen molar-refractivity contribution in [1.82, 2.24) is 0 Å². The maximum Gasteiger partial charge on any atom is 0.0540 e. The van der Waals surface area contributed by atoms with Gasteiger partial charge in [-0.25, -0.2) is 0 Å². The Kier molecular flexibility index (Phi) is 9.33. The smallest absolute Gasteiger partial charge is 0.0540 e. The second-order valence-corrected chi connectivity index (χ2v) is 15.4. The minimum absolute atomic E-state index is 0.997. The molecule has 10 rings (SSSR count). The molecule has 276 valence electrons. The van der Waals surface area contributed by atoms with Gasteiger partial charge in [0, 0.05) is 16.8 Å². The topological polar surface area (TPSA) is 3.24 Å². The van der Waals surface area contributed by atoms with Crippen LogP contribution in [0.2, 0.25) is 0 Å². The molecule has 0 N–H and O–H groups in total. The quantitative estimate of drug-likeness (QED) is 0.142. The van der Waals surface area contributed by atoms with Gasteiger partial charge in [-0.1, -0.05) is 176 Å². The third-order valence-electron chi connectivity index (χ3n) is 11.7. The van der Waals surface area contributed by atoms with Crippen LogP contribution in [-0.2, 0) is 12.8 Å². The summed E-state index contributed by atoms with van der Waals surface area (Å²) >= 11 is 0. The summed E-state index contributed by atoms with van der Waals surface area (Å²) in [6.07, 6.45) is 2.02. The van der Waals surface area contributed by atoms with E-state index in [4.69, 9.17) is 0 Å². The summed E-state index contributed by atoms with van der Waals surface area (Å²) in [5, 5.41) is 7.40. The molecule has 0 spiro atoms. The molecule has 0 amide bonds. The van der Waals surface area contributed by atoms with Gasteiger partial charge < -0.3 is 4.90 Å². The van der Waals surface area contributed by atoms with Crippen molar-refractivity contribution in [3.63, 3.8) is 0 Å². The van der Waals surface area contributed by atoms with Crippen LogP contribution in [0.3, 0.4) is 0 Å². The SMILES string of the molecule is Cc1cc(N(c2ccc3ccc(-c4ccc(-c5ccc6ccccc6c5)cc4)cc3c2)c2cccc3ccccc23)ccc1-c1ccccc1CCc1ccccc1. The van der Waals surface area contributed by atoms with E-state index in [9.17, 15) is 0 Å². The molecule has 0 heterocycles. The average Bonchev–Trinajstić information content (AvgIpc) is 3.29. The summed E-state index contributed by atoms with van der Waals surface area (Å²) in [6, 6.07) is 80.0. The van der Waals surface area contributed by atoms with Gasteiger partial charge in [-0.3, -0.25) is 0 Å². The van der Waals surface area contributed by atoms with Crippen LogP contribution in [-0.4, -0.2) is 0 Å². The summed E-state index contributed by atoms with van der Waals surface area (Å²) < 4.78 is 0. The number of rotatable bonds is 9. The van der Waals surface area contributed by atoms with Crippen molar-refractivity contribution < 1.29 is 0 Å². The Morgan fingerprint density at radius 1 is 0.345 bits per heavy atom. The van der Waals surface area contributed by atoms with Gasteiger partial charge in [0.2, 0.25) is 0 Å². The van der Waals surface area contributed by atoms with Gasteiger partial charge in [0.15, 0.2) is 0 Å². The molecular weight excluding hydrogens is 699 g/mol. The van der Waals surface area contributed by atoms with Gasteiger partial charge in [-0.15, -0.1) is 0 Å². The molecule has 0 aliphatic carbocycles. The zero-order valence-corrected chi connectivity index (χ0v) is 32.6. The van der Waals surface area contributed by atoms with Crippen LogP contribution in [0.15, 0.2) is 218 Å². The van der Waals surface area contributed by atoms with E-state index in [1.54, 1.807) is 0 Å². The second-order valence-electron chi connectivity index (χ2n) is 15.4. The van der Waals surface area contributed by atoms with E-state index in [1.165, 1.54) is 82.4 Å². The molecule has 58 heavy (non-hydrogen) atoms. The average molecular weight is 742 g/mol. The van der Waals surface area contributed by atoms with E-state index in [2.05, 4.69) is 230 Å². The van der Waals surface area contributed by atoms with Gasteiger partial charge in [-0.05, 0) is 139 Å². The van der Waals surface area contributed by atoms with E-state index >= 15 is 0 Å². The second kappa shape index (κ2) is 15.4. The fraction of sp³-hybridized carbons (Fsp3) is 0.0526. The molecule has 0 aliphatic heterocycles. The van der Waals surface area contributed by atoms with Crippen LogP contribution >= 0.6 is 0 Å². The minimum Gasteiger partial charge on any atom is -0.310 e. The van der Waals surface area contributed by atoms with Gasteiger partial charge in [0.25, 0.3) is 0 Å². The molecule has 0 saturated heterocycles. The third-order valence-corrected chi connectivity index (χ3v) is 11.7. The van der Waals surface area contributed by atoms with Crippen molar-refractivity contribution in [2.75, 3.05) is 4.90 Å². The Bertz CT molecular complexity index is 3060. The Labute approximate surface area is 341 Å². The maximum absolute atomic E-state index is 2.44. The molecule has 0 aromatic heterocycles. The van der Waals surface area contributed by atoms with Gasteiger partial charge in [0.1, 0.15) is 0 Å². The van der Waals surface area contributed by atoms with Crippen molar-refractivity contribution in [2.24, 2.45) is 0 Å². The largest absolute Gasteiger partial charge is 0.310 e. The molecule has 0 saturated carbocycles. The summed E-state index contributed by atoms with van der Waals surface area (Å²) in [6.45, 7) is 2.26. The molecule has 0 aliphatic rings. The highest BCUT2D eigenvalue weighted by Crippen LogP contribution is 2.42. The Morgan fingerprint density at radius 3 is 1.69 bits per heavy atom. The molecule has 0 unspecified atom stereocenters. The third kappa shape index (κ3) is 6.93. The lowest BCUT2D eigenvalue weighted by Crippen LogP contribution is -2.11. The minimum atomic E-state index is 0.997. The lowest BCUT2D eigenvalue weighted by Gasteiger charge is -2.28. The molecule has 1 nitrogen and oxygen atoms in total. The number of anilines is 3. The molecule has 10 aromatic carbocycles. The molecule has 0 atom stereocenters. The fourth-order valence-corrected chi connectivity index (χ4v) is 8.62. The molecule has 1 heteroatoms. The standard InChI is InChI=1S/C57H43N/c1-40-36-52(34-35-54(40)55-19-9-7-16-47(55)23-22-41-12-3-2-4-13-41)58(57-21-11-18-46-15-8-10-20-56(46)57)53-33-32-45-29-31-50(38-51(45)39-53)44-26-24-43(25-27-44)49-30-28-42-14-5-6-17-48(42)37-49/h2-21,24-39H,22-23H2,1H3. The fourth-order valence-electron chi connectivity index (χ4n) is 8.62. The summed E-state index contributed by atoms with van der Waals surface area (Å²) in [5.74, 6) is 0. The van der Waals surface area contributed by atoms with E-state index in [1.807, 2.05) is 0 Å². The van der Waals surface area contributed by atoms with Crippen LogP contribution < -0.4 is 4.90 Å². The van der Waals surface area contributed by atoms with Crippen molar-refractivity contribution in [3.05, 3.63) is 235 Å². The summed E-state index contributed by atoms with van der Waals surface area (Å²) in [5.41, 5.74) is 14.9. The Hall–Kier alpha value is -7.22. The molecule has 0 radical (unpaired) electrons. The van der Waals surface area contributed by atoms with Gasteiger partial charge in [0.05, 0.1) is 5.69 Å². The highest BCUT2D eigenvalue weighted by atomic mass is 15.1. The number of hydrogen-bond donors (Lipinski definition) is 0. The molecule has 10 aromatic rings. The van der Waals surface area contributed by atoms with Crippen molar-refractivity contribution in [2.45, 2.75) is 19.8 Å². The zero-order chi connectivity index (χ0) is 38.8. The van der Waals surface area contributed by atoms with Crippen molar-refractivity contribution in [3.8, 4) is 33.4 Å². The van der Waals surface area contributed by atoms with Gasteiger partial charge in [-0.2, -0.15) is 0 Å². The number of hydrogen-bond acceptors (Lipinski definition) is 1. The highest BCUT2D eigenvalue weighted by Gasteiger charge is 2.18. The van der Waals surface area contributed by atoms with Crippen molar-refractivity contribution in [1.29, 1.82) is 0 Å². The summed E-state index contributed by atoms with van der Waals surface area (Å²) in [7, 11) is 0. The monoisotopic (exact) mass is 741 g/mol. The Balaban J connectivity index is 1.02. The maximum atomic E-state index is 2.44. The van der Waals surface area contributed by atoms with Crippen LogP contribution in [0, 0.1) is 6.92 Å². The Morgan fingerprint density at radius 2 is 0.914 bits per heavy atom. The lowest BCUT2D eigenvalue weighted by atomic mass is 9.92. The predicted molar refractivity (Wildman–Crippen MR) is 249 cm³/mol. The first kappa shape index (κ1) is 35.2. The zero-order valence-electron chi connectivity index (χ0n) is 32.6. The van der Waals surface area contributed by atoms with Crippen LogP contribution in [0.1, 0.15) is 16.7 Å². The number of benzene rings is 10. The lowest BCUT2D eigenvalue weighted by molar-refractivity contribution is 0.962. The van der Waals surface area contributed by atoms with E-state index in [0.717, 1.165) is 29.9 Å². The molecule has 0 bridgehead atoms. The first-order chi connectivity index (χ1) is 28.6. The first-order valence-electron chi connectivity index (χ1n) is 20.3. The van der Waals surface area contributed by atoms with E-state index in [-0.39, 0.29) is 0 Å². The van der Waals surface area contributed by atoms with E-state index in [0.29, 0.717) is 0 Å². The number of aryl methyl sites for hydroxylation is 3. The van der Waals surface area contributed by atoms with E-state index < -0.39 is 0 Å². The predicted octanol–water partition coefficient (Wildman–Crippen LogP) is 15.7. The number of nitrogens with zero attached hydrogens (tertiary/aromatic N) is 1. The van der Waals surface area contributed by atoms with Crippen LogP contribution in [0.5, 0.6) is 0 Å². The van der Waals surface area contributed by atoms with Crippen molar-refractivity contribution >= 4 is 49.4 Å². The number of fused-ring (bicyclic) bond motifs is 3. The summed E-state index contributed by atoms with van der Waals surface area (Å²) in [4.78, 5) is 2.44. The van der Waals surface area contributed by atoms with Gasteiger partial charge >= 0.3 is 0 Å². The van der Waals surface area contributed by atoms with Crippen LogP contribution in [0.4, 0.5) is 17.1 Å². The van der Waals surface area contributed by atoms with Crippen LogP contribution in [0.25, 0.3) is 65.7 Å². The normalized spacial score (nSPS) is 11.3. The highest BCUT2D eigenvalue weighted by molar-refractivity contribution is 6.01. The first-order valence-corrected chi connectivity index (χ1v) is 20.3.